The molecule has 1 aliphatic heterocycles. The number of halogens is 2. The number of fused-ring (bicyclic) bond motifs is 1. The van der Waals surface area contributed by atoms with Gasteiger partial charge in [-0.1, -0.05) is 6.07 Å². The summed E-state index contributed by atoms with van der Waals surface area (Å²) in [5.41, 5.74) is 0.166. The molecule has 2 unspecified atom stereocenters. The lowest BCUT2D eigenvalue weighted by Gasteiger charge is -2.21. The molecule has 1 aromatic carbocycles. The van der Waals surface area contributed by atoms with Crippen LogP contribution in [0.1, 0.15) is 6.42 Å². The number of nitrogens with zero attached hydrogens (tertiary/aromatic N) is 1. The highest BCUT2D eigenvalue weighted by atomic mass is 19.1. The molecule has 74 valence electrons. The molecule has 1 aromatic rings. The minimum Gasteiger partial charge on any atom is -0.366 e. The van der Waals surface area contributed by atoms with Gasteiger partial charge in [-0.3, -0.25) is 0 Å². The first kappa shape index (κ1) is 8.21. The molecule has 0 amide bonds. The third kappa shape index (κ3) is 1.11. The summed E-state index contributed by atoms with van der Waals surface area (Å²) in [6.07, 6.45) is 1.24. The highest BCUT2D eigenvalue weighted by Crippen LogP contribution is 2.46. The largest absolute Gasteiger partial charge is 0.366 e. The molecule has 0 spiro atoms. The zero-order chi connectivity index (χ0) is 9.71. The van der Waals surface area contributed by atoms with Crippen LogP contribution in [0.2, 0.25) is 0 Å². The Labute approximate surface area is 81.3 Å². The smallest absolute Gasteiger partial charge is 0.149 e. The molecule has 2 aliphatic rings. The van der Waals surface area contributed by atoms with E-state index in [1.54, 1.807) is 0 Å². The Kier molecular flexibility index (Phi) is 1.58. The summed E-state index contributed by atoms with van der Waals surface area (Å²) in [5.74, 6) is 0.501. The molecule has 3 heteroatoms. The van der Waals surface area contributed by atoms with Crippen molar-refractivity contribution in [2.45, 2.75) is 6.42 Å². The summed E-state index contributed by atoms with van der Waals surface area (Å²) in [7, 11) is 0. The second-order valence-electron chi connectivity index (χ2n) is 4.23. The normalized spacial score (nSPS) is 29.1. The van der Waals surface area contributed by atoms with Crippen LogP contribution in [0.15, 0.2) is 18.2 Å². The van der Waals surface area contributed by atoms with Crippen LogP contribution in [0.25, 0.3) is 0 Å². The van der Waals surface area contributed by atoms with E-state index in [0.29, 0.717) is 11.8 Å². The first-order valence-electron chi connectivity index (χ1n) is 4.94. The van der Waals surface area contributed by atoms with Gasteiger partial charge in [0.1, 0.15) is 17.3 Å². The summed E-state index contributed by atoms with van der Waals surface area (Å²) in [5, 5.41) is 0. The molecule has 1 nitrogen and oxygen atoms in total. The van der Waals surface area contributed by atoms with Crippen LogP contribution in [-0.4, -0.2) is 13.1 Å². The lowest BCUT2D eigenvalue weighted by molar-refractivity contribution is 0.573. The average Bonchev–Trinajstić information content (AvgIpc) is 2.74. The molecule has 0 bridgehead atoms. The number of rotatable bonds is 1. The molecular formula is C11H11F2N. The summed E-state index contributed by atoms with van der Waals surface area (Å²) in [6.45, 7) is 1.64. The number of piperidine rings is 1. The van der Waals surface area contributed by atoms with Gasteiger partial charge in [0.25, 0.3) is 0 Å². The van der Waals surface area contributed by atoms with E-state index in [4.69, 9.17) is 0 Å². The van der Waals surface area contributed by atoms with E-state index in [9.17, 15) is 8.78 Å². The fourth-order valence-corrected chi connectivity index (χ4v) is 2.37. The number of anilines is 1. The van der Waals surface area contributed by atoms with E-state index in [-0.39, 0.29) is 5.69 Å². The molecule has 1 saturated carbocycles. The van der Waals surface area contributed by atoms with Gasteiger partial charge >= 0.3 is 0 Å². The van der Waals surface area contributed by atoms with E-state index < -0.39 is 11.6 Å². The monoisotopic (exact) mass is 195 g/mol. The number of para-hydroxylation sites is 1. The minimum absolute atomic E-state index is 0.166. The van der Waals surface area contributed by atoms with Crippen molar-refractivity contribution in [3.05, 3.63) is 29.8 Å². The number of hydrogen-bond acceptors (Lipinski definition) is 1. The molecule has 2 fully saturated rings. The summed E-state index contributed by atoms with van der Waals surface area (Å²) in [4.78, 5) is 1.84. The van der Waals surface area contributed by atoms with E-state index in [2.05, 4.69) is 0 Å². The van der Waals surface area contributed by atoms with Gasteiger partial charge < -0.3 is 4.90 Å². The van der Waals surface area contributed by atoms with Crippen molar-refractivity contribution in [1.82, 2.24) is 0 Å². The van der Waals surface area contributed by atoms with Crippen LogP contribution < -0.4 is 4.90 Å². The molecule has 0 aromatic heterocycles. The molecule has 2 atom stereocenters. The molecule has 0 radical (unpaired) electrons. The Morgan fingerprint density at radius 3 is 2.21 bits per heavy atom. The Bertz CT molecular complexity index is 347. The summed E-state index contributed by atoms with van der Waals surface area (Å²) < 4.78 is 26.7. The van der Waals surface area contributed by atoms with Crippen molar-refractivity contribution in [2.24, 2.45) is 11.8 Å². The Balaban J connectivity index is 1.95. The maximum absolute atomic E-state index is 13.4. The minimum atomic E-state index is -0.439. The Morgan fingerprint density at radius 1 is 1.07 bits per heavy atom. The van der Waals surface area contributed by atoms with Gasteiger partial charge in [-0.05, 0) is 30.4 Å². The highest BCUT2D eigenvalue weighted by molar-refractivity contribution is 5.51. The maximum Gasteiger partial charge on any atom is 0.149 e. The Morgan fingerprint density at radius 2 is 1.64 bits per heavy atom. The fourth-order valence-electron chi connectivity index (χ4n) is 2.37. The van der Waals surface area contributed by atoms with Crippen molar-refractivity contribution >= 4 is 5.69 Å². The highest BCUT2D eigenvalue weighted by Gasteiger charge is 2.46. The summed E-state index contributed by atoms with van der Waals surface area (Å²) in [6, 6.07) is 4.05. The van der Waals surface area contributed by atoms with E-state index >= 15 is 0 Å². The predicted octanol–water partition coefficient (Wildman–Crippen LogP) is 2.42. The van der Waals surface area contributed by atoms with Crippen molar-refractivity contribution < 1.29 is 8.78 Å². The zero-order valence-electron chi connectivity index (χ0n) is 7.71. The van der Waals surface area contributed by atoms with Gasteiger partial charge in [0.2, 0.25) is 0 Å². The first-order valence-corrected chi connectivity index (χ1v) is 4.94. The topological polar surface area (TPSA) is 3.24 Å². The molecule has 1 aliphatic carbocycles. The van der Waals surface area contributed by atoms with Crippen molar-refractivity contribution in [1.29, 1.82) is 0 Å². The van der Waals surface area contributed by atoms with Gasteiger partial charge in [-0.25, -0.2) is 8.78 Å². The quantitative estimate of drug-likeness (QED) is 0.665. The van der Waals surface area contributed by atoms with Gasteiger partial charge in [0, 0.05) is 13.1 Å². The third-order valence-electron chi connectivity index (χ3n) is 3.23. The van der Waals surface area contributed by atoms with Crippen LogP contribution in [0.5, 0.6) is 0 Å². The molecule has 3 rings (SSSR count). The fraction of sp³-hybridized carbons (Fsp3) is 0.455. The van der Waals surface area contributed by atoms with Crippen LogP contribution in [0.4, 0.5) is 14.5 Å². The van der Waals surface area contributed by atoms with E-state index in [1.807, 2.05) is 4.90 Å². The lowest BCUT2D eigenvalue weighted by atomic mass is 10.2. The summed E-state index contributed by atoms with van der Waals surface area (Å²) >= 11 is 0. The van der Waals surface area contributed by atoms with E-state index in [0.717, 1.165) is 13.1 Å². The van der Waals surface area contributed by atoms with Gasteiger partial charge in [0.15, 0.2) is 0 Å². The number of hydrogen-bond donors (Lipinski definition) is 0. The van der Waals surface area contributed by atoms with Crippen LogP contribution in [-0.2, 0) is 0 Å². The van der Waals surface area contributed by atoms with Crippen LogP contribution in [0.3, 0.4) is 0 Å². The first-order chi connectivity index (χ1) is 6.75. The van der Waals surface area contributed by atoms with Crippen molar-refractivity contribution in [3.63, 3.8) is 0 Å². The second kappa shape index (κ2) is 2.69. The third-order valence-corrected chi connectivity index (χ3v) is 3.23. The van der Waals surface area contributed by atoms with Crippen LogP contribution >= 0.6 is 0 Å². The zero-order valence-corrected chi connectivity index (χ0v) is 7.71. The molecule has 0 N–H and O–H groups in total. The predicted molar refractivity (Wildman–Crippen MR) is 50.2 cm³/mol. The van der Waals surface area contributed by atoms with Gasteiger partial charge in [-0.2, -0.15) is 0 Å². The maximum atomic E-state index is 13.4. The number of benzene rings is 1. The molecule has 1 heterocycles. The van der Waals surface area contributed by atoms with Gasteiger partial charge in [-0.15, -0.1) is 0 Å². The SMILES string of the molecule is Fc1cccc(F)c1N1CC2CC2C1. The Hall–Kier alpha value is -1.12. The van der Waals surface area contributed by atoms with Crippen molar-refractivity contribution in [3.8, 4) is 0 Å². The van der Waals surface area contributed by atoms with E-state index in [1.165, 1.54) is 24.6 Å². The van der Waals surface area contributed by atoms with Crippen molar-refractivity contribution in [2.75, 3.05) is 18.0 Å². The molecular weight excluding hydrogens is 184 g/mol. The van der Waals surface area contributed by atoms with Gasteiger partial charge in [0.05, 0.1) is 0 Å². The van der Waals surface area contributed by atoms with Crippen LogP contribution in [0, 0.1) is 23.5 Å². The second-order valence-corrected chi connectivity index (χ2v) is 4.23. The molecule has 14 heavy (non-hydrogen) atoms. The average molecular weight is 195 g/mol. The molecule has 1 saturated heterocycles. The standard InChI is InChI=1S/C11H11F2N/c12-9-2-1-3-10(13)11(9)14-5-7-4-8(7)6-14/h1-3,7-8H,4-6H2. The lowest BCUT2D eigenvalue weighted by Crippen LogP contribution is -2.24.